The van der Waals surface area contributed by atoms with E-state index < -0.39 is 6.04 Å². The van der Waals surface area contributed by atoms with Crippen LogP contribution >= 0.6 is 0 Å². The number of hydrogen-bond acceptors (Lipinski definition) is 3. The van der Waals surface area contributed by atoms with Crippen LogP contribution in [-0.2, 0) is 4.79 Å². The van der Waals surface area contributed by atoms with E-state index in [2.05, 4.69) is 16.0 Å². The first-order valence-electron chi connectivity index (χ1n) is 7.24. The lowest BCUT2D eigenvalue weighted by Gasteiger charge is -2.27. The number of nitrogens with one attached hydrogen (secondary N) is 3. The minimum atomic E-state index is -0.621. The van der Waals surface area contributed by atoms with E-state index in [0.29, 0.717) is 22.7 Å². The van der Waals surface area contributed by atoms with Gasteiger partial charge in [0, 0.05) is 11.4 Å². The van der Waals surface area contributed by atoms with Crippen molar-refractivity contribution in [3.8, 4) is 0 Å². The second kappa shape index (κ2) is 6.00. The molecule has 6 nitrogen and oxygen atoms in total. The Balaban J connectivity index is 1.90. The van der Waals surface area contributed by atoms with Crippen molar-refractivity contribution in [2.75, 3.05) is 5.32 Å². The maximum atomic E-state index is 12.7. The van der Waals surface area contributed by atoms with Crippen LogP contribution in [0.2, 0.25) is 0 Å². The second-order valence-corrected chi connectivity index (χ2v) is 5.41. The fraction of sp³-hybridized carbons (Fsp3) is 0.176. The van der Waals surface area contributed by atoms with Crippen molar-refractivity contribution in [2.24, 2.45) is 0 Å². The van der Waals surface area contributed by atoms with Crippen LogP contribution in [0.1, 0.15) is 24.3 Å². The molecule has 0 saturated heterocycles. The molecule has 2 heterocycles. The van der Waals surface area contributed by atoms with Crippen molar-refractivity contribution in [3.63, 3.8) is 0 Å². The monoisotopic (exact) mass is 311 g/mol. The summed E-state index contributed by atoms with van der Waals surface area (Å²) < 4.78 is 5.36. The first-order valence-corrected chi connectivity index (χ1v) is 7.24. The van der Waals surface area contributed by atoms with Gasteiger partial charge >= 0.3 is 6.03 Å². The summed E-state index contributed by atoms with van der Waals surface area (Å²) in [6.45, 7) is 3.67. The number of carbonyl (C=O) groups excluding carboxylic acids is 2. The molecule has 3 amide bonds. The summed E-state index contributed by atoms with van der Waals surface area (Å²) in [7, 11) is 0. The first-order chi connectivity index (χ1) is 11.0. The van der Waals surface area contributed by atoms with E-state index in [1.54, 1.807) is 19.1 Å². The Morgan fingerprint density at radius 2 is 1.91 bits per heavy atom. The molecule has 3 rings (SSSR count). The van der Waals surface area contributed by atoms with Gasteiger partial charge in [0.1, 0.15) is 11.8 Å². The number of anilines is 1. The van der Waals surface area contributed by atoms with Gasteiger partial charge in [0.25, 0.3) is 5.91 Å². The highest BCUT2D eigenvalue weighted by atomic mass is 16.3. The quantitative estimate of drug-likeness (QED) is 0.815. The van der Waals surface area contributed by atoms with E-state index >= 15 is 0 Å². The van der Waals surface area contributed by atoms with Gasteiger partial charge in [-0.25, -0.2) is 4.79 Å². The number of furan rings is 1. The minimum absolute atomic E-state index is 0.291. The van der Waals surface area contributed by atoms with Gasteiger partial charge in [0.05, 0.1) is 11.8 Å². The zero-order chi connectivity index (χ0) is 16.4. The summed E-state index contributed by atoms with van der Waals surface area (Å²) in [5.41, 5.74) is 2.72. The standard InChI is InChI=1S/C17H17N3O3/c1-10-5-7-12(8-6-10)19-16(21)14-11(2)18-17(22)20-15(14)13-4-3-9-23-13/h3-9,15H,1-2H3,(H,19,21)(H2,18,20,22)/t15-/m1/s1. The lowest BCUT2D eigenvalue weighted by molar-refractivity contribution is -0.113. The zero-order valence-electron chi connectivity index (χ0n) is 12.8. The van der Waals surface area contributed by atoms with Gasteiger partial charge < -0.3 is 20.4 Å². The molecular weight excluding hydrogens is 294 g/mol. The molecule has 23 heavy (non-hydrogen) atoms. The van der Waals surface area contributed by atoms with Crippen molar-refractivity contribution in [1.29, 1.82) is 0 Å². The predicted molar refractivity (Wildman–Crippen MR) is 85.6 cm³/mol. The highest BCUT2D eigenvalue weighted by Crippen LogP contribution is 2.28. The number of rotatable bonds is 3. The highest BCUT2D eigenvalue weighted by Gasteiger charge is 2.32. The van der Waals surface area contributed by atoms with E-state index in [1.165, 1.54) is 6.26 Å². The SMILES string of the molecule is CC1=C(C(=O)Nc2ccc(C)cc2)[C@@H](c2ccco2)NC(=O)N1. The summed E-state index contributed by atoms with van der Waals surface area (Å²) in [6.07, 6.45) is 1.51. The van der Waals surface area contributed by atoms with Gasteiger partial charge in [-0.15, -0.1) is 0 Å². The molecule has 0 unspecified atom stereocenters. The second-order valence-electron chi connectivity index (χ2n) is 5.41. The Hall–Kier alpha value is -3.02. The molecule has 0 spiro atoms. The van der Waals surface area contributed by atoms with E-state index in [4.69, 9.17) is 4.42 Å². The normalized spacial score (nSPS) is 17.5. The molecule has 1 aliphatic rings. The fourth-order valence-electron chi connectivity index (χ4n) is 2.50. The maximum Gasteiger partial charge on any atom is 0.319 e. The van der Waals surface area contributed by atoms with E-state index in [1.807, 2.05) is 31.2 Å². The average molecular weight is 311 g/mol. The molecule has 0 aliphatic carbocycles. The summed E-state index contributed by atoms with van der Waals surface area (Å²) in [5.74, 6) is 0.216. The predicted octanol–water partition coefficient (Wildman–Crippen LogP) is 2.85. The summed E-state index contributed by atoms with van der Waals surface area (Å²) in [5, 5.41) is 8.18. The van der Waals surface area contributed by atoms with Crippen LogP contribution in [0, 0.1) is 6.92 Å². The van der Waals surface area contributed by atoms with Crippen molar-refractivity contribution in [2.45, 2.75) is 19.9 Å². The maximum absolute atomic E-state index is 12.7. The summed E-state index contributed by atoms with van der Waals surface area (Å²) in [4.78, 5) is 24.4. The van der Waals surface area contributed by atoms with Crippen LogP contribution in [0.25, 0.3) is 0 Å². The molecule has 3 N–H and O–H groups in total. The largest absolute Gasteiger partial charge is 0.467 e. The average Bonchev–Trinajstić information content (AvgIpc) is 3.03. The van der Waals surface area contributed by atoms with Crippen LogP contribution < -0.4 is 16.0 Å². The van der Waals surface area contributed by atoms with Crippen molar-refractivity contribution in [1.82, 2.24) is 10.6 Å². The van der Waals surface area contributed by atoms with Gasteiger partial charge in [-0.1, -0.05) is 17.7 Å². The number of carbonyl (C=O) groups is 2. The van der Waals surface area contributed by atoms with Gasteiger partial charge in [0.2, 0.25) is 0 Å². The van der Waals surface area contributed by atoms with Crippen molar-refractivity contribution in [3.05, 3.63) is 65.3 Å². The number of hydrogen-bond donors (Lipinski definition) is 3. The molecule has 1 aromatic carbocycles. The summed E-state index contributed by atoms with van der Waals surface area (Å²) >= 11 is 0. The van der Waals surface area contributed by atoms with Gasteiger partial charge in [0.15, 0.2) is 0 Å². The molecule has 0 fully saturated rings. The Morgan fingerprint density at radius 3 is 2.57 bits per heavy atom. The lowest BCUT2D eigenvalue weighted by Crippen LogP contribution is -2.45. The summed E-state index contributed by atoms with van der Waals surface area (Å²) in [6, 6.07) is 9.96. The van der Waals surface area contributed by atoms with Crippen LogP contribution in [-0.4, -0.2) is 11.9 Å². The van der Waals surface area contributed by atoms with Crippen LogP contribution in [0.5, 0.6) is 0 Å². The Bertz CT molecular complexity index is 761. The molecule has 0 radical (unpaired) electrons. The molecule has 1 aliphatic heterocycles. The number of amides is 3. The van der Waals surface area contributed by atoms with E-state index in [-0.39, 0.29) is 11.9 Å². The van der Waals surface area contributed by atoms with Crippen LogP contribution in [0.15, 0.2) is 58.3 Å². The molecule has 0 saturated carbocycles. The molecular formula is C17H17N3O3. The third kappa shape index (κ3) is 3.11. The molecule has 1 atom stereocenters. The third-order valence-corrected chi connectivity index (χ3v) is 3.65. The Kier molecular flexibility index (Phi) is 3.89. The van der Waals surface area contributed by atoms with Gasteiger partial charge in [-0.05, 0) is 38.1 Å². The topological polar surface area (TPSA) is 83.4 Å². The van der Waals surface area contributed by atoms with Gasteiger partial charge in [-0.2, -0.15) is 0 Å². The molecule has 2 aromatic rings. The molecule has 0 bridgehead atoms. The molecule has 6 heteroatoms. The van der Waals surface area contributed by atoms with E-state index in [0.717, 1.165) is 5.56 Å². The Labute approximate surface area is 133 Å². The van der Waals surface area contributed by atoms with Crippen LogP contribution in [0.4, 0.5) is 10.5 Å². The smallest absolute Gasteiger partial charge is 0.319 e. The first kappa shape index (κ1) is 14.9. The molecule has 118 valence electrons. The fourth-order valence-corrected chi connectivity index (χ4v) is 2.50. The minimum Gasteiger partial charge on any atom is -0.467 e. The van der Waals surface area contributed by atoms with Crippen molar-refractivity contribution >= 4 is 17.6 Å². The number of allylic oxidation sites excluding steroid dienone is 1. The molecule has 1 aromatic heterocycles. The number of benzene rings is 1. The third-order valence-electron chi connectivity index (χ3n) is 3.65. The number of aryl methyl sites for hydroxylation is 1. The van der Waals surface area contributed by atoms with Crippen LogP contribution in [0.3, 0.4) is 0 Å². The lowest BCUT2D eigenvalue weighted by atomic mass is 9.99. The number of urea groups is 1. The van der Waals surface area contributed by atoms with Gasteiger partial charge in [-0.3, -0.25) is 4.79 Å². The van der Waals surface area contributed by atoms with E-state index in [9.17, 15) is 9.59 Å². The highest BCUT2D eigenvalue weighted by molar-refractivity contribution is 6.06. The zero-order valence-corrected chi connectivity index (χ0v) is 12.8. The van der Waals surface area contributed by atoms with Crippen molar-refractivity contribution < 1.29 is 14.0 Å². The Morgan fingerprint density at radius 1 is 1.17 bits per heavy atom.